The van der Waals surface area contributed by atoms with Gasteiger partial charge in [0.15, 0.2) is 0 Å². The first-order chi connectivity index (χ1) is 10.7. The third-order valence-corrected chi connectivity index (χ3v) is 4.09. The van der Waals surface area contributed by atoms with Crippen LogP contribution in [0.4, 0.5) is 0 Å². The zero-order valence-corrected chi connectivity index (χ0v) is 14.2. The van der Waals surface area contributed by atoms with Gasteiger partial charge in [-0.2, -0.15) is 0 Å². The molecule has 1 N–H and O–H groups in total. The fourth-order valence-corrected chi connectivity index (χ4v) is 2.98. The van der Waals surface area contributed by atoms with Crippen molar-refractivity contribution >= 4 is 18.3 Å². The molecule has 1 saturated heterocycles. The Balaban J connectivity index is 0.00000192. The highest BCUT2D eigenvalue weighted by atomic mass is 35.5. The van der Waals surface area contributed by atoms with Gasteiger partial charge < -0.3 is 14.6 Å². The molecule has 5 nitrogen and oxygen atoms in total. The molecule has 0 aliphatic carbocycles. The molecule has 1 fully saturated rings. The molecule has 6 heteroatoms. The quantitative estimate of drug-likeness (QED) is 0.933. The van der Waals surface area contributed by atoms with E-state index >= 15 is 0 Å². The molecule has 1 aromatic carbocycles. The van der Waals surface area contributed by atoms with Crippen LogP contribution in [0.25, 0.3) is 11.5 Å². The van der Waals surface area contributed by atoms with Crippen molar-refractivity contribution in [2.75, 3.05) is 20.1 Å². The van der Waals surface area contributed by atoms with E-state index in [0.717, 1.165) is 31.5 Å². The number of hydrogen-bond donors (Lipinski definition) is 1. The van der Waals surface area contributed by atoms with Gasteiger partial charge in [-0.3, -0.25) is 4.79 Å². The molecule has 2 heterocycles. The third kappa shape index (κ3) is 3.57. The number of nitrogens with zero attached hydrogens (tertiary/aromatic N) is 2. The Kier molecular flexibility index (Phi) is 5.80. The van der Waals surface area contributed by atoms with E-state index in [1.807, 2.05) is 49.2 Å². The van der Waals surface area contributed by atoms with Crippen LogP contribution in [0.2, 0.25) is 0 Å². The highest BCUT2D eigenvalue weighted by Gasteiger charge is 2.32. The predicted octanol–water partition coefficient (Wildman–Crippen LogP) is 2.90. The second-order valence-corrected chi connectivity index (χ2v) is 5.65. The smallest absolute Gasteiger partial charge is 0.291 e. The van der Waals surface area contributed by atoms with Crippen molar-refractivity contribution in [3.05, 3.63) is 41.8 Å². The van der Waals surface area contributed by atoms with Crippen molar-refractivity contribution in [3.63, 3.8) is 0 Å². The minimum atomic E-state index is -0.0510. The fourth-order valence-electron chi connectivity index (χ4n) is 2.98. The van der Waals surface area contributed by atoms with Crippen LogP contribution < -0.4 is 5.32 Å². The molecule has 23 heavy (non-hydrogen) atoms. The van der Waals surface area contributed by atoms with Crippen LogP contribution in [0.3, 0.4) is 0 Å². The van der Waals surface area contributed by atoms with E-state index in [-0.39, 0.29) is 24.4 Å². The van der Waals surface area contributed by atoms with Crippen molar-refractivity contribution in [2.24, 2.45) is 0 Å². The second kappa shape index (κ2) is 7.62. The highest BCUT2D eigenvalue weighted by molar-refractivity contribution is 5.93. The van der Waals surface area contributed by atoms with Crippen molar-refractivity contribution < 1.29 is 9.21 Å². The van der Waals surface area contributed by atoms with E-state index in [0.29, 0.717) is 17.3 Å². The van der Waals surface area contributed by atoms with Crippen molar-refractivity contribution in [1.82, 2.24) is 15.2 Å². The molecule has 1 aliphatic rings. The number of amides is 1. The number of rotatable bonds is 4. The lowest BCUT2D eigenvalue weighted by atomic mass is 10.2. The number of hydrogen-bond acceptors (Lipinski definition) is 4. The molecule has 3 rings (SSSR count). The van der Waals surface area contributed by atoms with Gasteiger partial charge in [-0.25, -0.2) is 4.98 Å². The summed E-state index contributed by atoms with van der Waals surface area (Å²) in [4.78, 5) is 19.1. The van der Waals surface area contributed by atoms with Crippen LogP contribution in [-0.2, 0) is 0 Å². The molecular weight excluding hydrogens is 314 g/mol. The van der Waals surface area contributed by atoms with Gasteiger partial charge >= 0.3 is 0 Å². The van der Waals surface area contributed by atoms with Gasteiger partial charge in [0.05, 0.1) is 5.69 Å². The number of likely N-dealkylation sites (N-methyl/N-ethyl adjacent to an activating group) is 1. The summed E-state index contributed by atoms with van der Waals surface area (Å²) >= 11 is 0. The maximum Gasteiger partial charge on any atom is 0.291 e. The van der Waals surface area contributed by atoms with Crippen LogP contribution in [0.5, 0.6) is 0 Å². The molecule has 2 aromatic rings. The predicted molar refractivity (Wildman–Crippen MR) is 91.9 cm³/mol. The van der Waals surface area contributed by atoms with Gasteiger partial charge in [0, 0.05) is 24.7 Å². The molecule has 0 radical (unpaired) electrons. The summed E-state index contributed by atoms with van der Waals surface area (Å²) in [6.07, 6.45) is 2.07. The molecular formula is C17H22ClN3O2. The molecule has 1 unspecified atom stereocenters. The van der Waals surface area contributed by atoms with E-state index in [9.17, 15) is 4.79 Å². The average molecular weight is 336 g/mol. The number of nitrogens with one attached hydrogen (secondary N) is 1. The number of likely N-dealkylation sites (tertiary alicyclic amines) is 1. The number of halogens is 1. The van der Waals surface area contributed by atoms with Crippen LogP contribution in [-0.4, -0.2) is 42.0 Å². The minimum Gasteiger partial charge on any atom is -0.431 e. The lowest BCUT2D eigenvalue weighted by Gasteiger charge is -2.23. The Labute approximate surface area is 142 Å². The number of aromatic nitrogens is 1. The molecule has 0 saturated carbocycles. The van der Waals surface area contributed by atoms with E-state index in [1.54, 1.807) is 0 Å². The molecule has 1 aromatic heterocycles. The van der Waals surface area contributed by atoms with Crippen LogP contribution >= 0.6 is 12.4 Å². The molecule has 1 atom stereocenters. The largest absolute Gasteiger partial charge is 0.431 e. The number of carbonyl (C=O) groups is 1. The SMILES string of the molecule is CNCC1CCCN1C(=O)c1oc(-c2ccccc2)nc1C.Cl. The molecule has 1 aliphatic heterocycles. The summed E-state index contributed by atoms with van der Waals surface area (Å²) in [6.45, 7) is 3.42. The standard InChI is InChI=1S/C17H21N3O2.ClH/c1-12-15(17(21)20-10-6-9-14(20)11-18-2)22-16(19-12)13-7-4-3-5-8-13;/h3-5,7-8,14,18H,6,9-11H2,1-2H3;1H. The molecule has 0 spiro atoms. The van der Waals surface area contributed by atoms with Gasteiger partial charge in [-0.15, -0.1) is 12.4 Å². The zero-order valence-electron chi connectivity index (χ0n) is 13.4. The van der Waals surface area contributed by atoms with Crippen molar-refractivity contribution in [3.8, 4) is 11.5 Å². The highest BCUT2D eigenvalue weighted by Crippen LogP contribution is 2.25. The summed E-state index contributed by atoms with van der Waals surface area (Å²) in [5.41, 5.74) is 1.54. The lowest BCUT2D eigenvalue weighted by molar-refractivity contribution is 0.0704. The Morgan fingerprint density at radius 2 is 2.13 bits per heavy atom. The number of benzene rings is 1. The normalized spacial score (nSPS) is 17.1. The van der Waals surface area contributed by atoms with E-state index in [4.69, 9.17) is 4.42 Å². The Hall–Kier alpha value is -1.85. The summed E-state index contributed by atoms with van der Waals surface area (Å²) in [6, 6.07) is 9.90. The minimum absolute atomic E-state index is 0. The summed E-state index contributed by atoms with van der Waals surface area (Å²) in [5, 5.41) is 3.15. The van der Waals surface area contributed by atoms with Crippen molar-refractivity contribution in [1.29, 1.82) is 0 Å². The Morgan fingerprint density at radius 1 is 1.39 bits per heavy atom. The van der Waals surface area contributed by atoms with Crippen molar-refractivity contribution in [2.45, 2.75) is 25.8 Å². The first kappa shape index (κ1) is 17.5. The van der Waals surface area contributed by atoms with E-state index < -0.39 is 0 Å². The van der Waals surface area contributed by atoms with Gasteiger partial charge in [0.25, 0.3) is 5.91 Å². The Morgan fingerprint density at radius 3 is 2.83 bits per heavy atom. The van der Waals surface area contributed by atoms with Gasteiger partial charge in [-0.05, 0) is 38.9 Å². The topological polar surface area (TPSA) is 58.4 Å². The van der Waals surface area contributed by atoms with E-state index in [2.05, 4.69) is 10.3 Å². The summed E-state index contributed by atoms with van der Waals surface area (Å²) in [7, 11) is 1.91. The van der Waals surface area contributed by atoms with Crippen LogP contribution in [0, 0.1) is 6.92 Å². The molecule has 1 amide bonds. The maximum absolute atomic E-state index is 12.8. The monoisotopic (exact) mass is 335 g/mol. The van der Waals surface area contributed by atoms with Crippen LogP contribution in [0.15, 0.2) is 34.7 Å². The fraction of sp³-hybridized carbons (Fsp3) is 0.412. The van der Waals surface area contributed by atoms with Gasteiger partial charge in [0.2, 0.25) is 11.7 Å². The molecule has 124 valence electrons. The molecule has 0 bridgehead atoms. The number of aryl methyl sites for hydroxylation is 1. The summed E-state index contributed by atoms with van der Waals surface area (Å²) < 4.78 is 5.78. The zero-order chi connectivity index (χ0) is 15.5. The van der Waals surface area contributed by atoms with Gasteiger partial charge in [-0.1, -0.05) is 18.2 Å². The average Bonchev–Trinajstić information content (AvgIpc) is 3.15. The number of carbonyl (C=O) groups excluding carboxylic acids is 1. The number of oxazole rings is 1. The van der Waals surface area contributed by atoms with E-state index in [1.165, 1.54) is 0 Å². The first-order valence-electron chi connectivity index (χ1n) is 7.69. The first-order valence-corrected chi connectivity index (χ1v) is 7.69. The lowest BCUT2D eigenvalue weighted by Crippen LogP contribution is -2.40. The van der Waals surface area contributed by atoms with Gasteiger partial charge in [0.1, 0.15) is 0 Å². The Bertz CT molecular complexity index is 657. The maximum atomic E-state index is 12.8. The second-order valence-electron chi connectivity index (χ2n) is 5.65. The van der Waals surface area contributed by atoms with Crippen LogP contribution in [0.1, 0.15) is 29.1 Å². The third-order valence-electron chi connectivity index (χ3n) is 4.09. The summed E-state index contributed by atoms with van der Waals surface area (Å²) in [5.74, 6) is 0.817.